The van der Waals surface area contributed by atoms with Crippen LogP contribution in [0.4, 0.5) is 5.69 Å². The van der Waals surface area contributed by atoms with E-state index in [1.165, 1.54) is 7.11 Å². The summed E-state index contributed by atoms with van der Waals surface area (Å²) in [7, 11) is 1.43. The first-order valence-corrected chi connectivity index (χ1v) is 9.47. The van der Waals surface area contributed by atoms with Crippen LogP contribution in [-0.2, 0) is 14.3 Å². The minimum absolute atomic E-state index is 0.150. The molecule has 7 nitrogen and oxygen atoms in total. The van der Waals surface area contributed by atoms with Gasteiger partial charge in [0, 0.05) is 30.9 Å². The normalized spacial score (nSPS) is 24.3. The maximum atomic E-state index is 12.5. The number of benzene rings is 1. The zero-order valence-electron chi connectivity index (χ0n) is 15.9. The van der Waals surface area contributed by atoms with Crippen molar-refractivity contribution in [1.82, 2.24) is 10.2 Å². The maximum absolute atomic E-state index is 12.5. The highest BCUT2D eigenvalue weighted by Crippen LogP contribution is 2.49. The van der Waals surface area contributed by atoms with E-state index in [2.05, 4.69) is 10.6 Å². The molecule has 2 fully saturated rings. The van der Waals surface area contributed by atoms with E-state index in [0.29, 0.717) is 24.3 Å². The van der Waals surface area contributed by atoms with Crippen molar-refractivity contribution in [3.05, 3.63) is 29.8 Å². The van der Waals surface area contributed by atoms with Gasteiger partial charge < -0.3 is 15.4 Å². The molecule has 0 spiro atoms. The van der Waals surface area contributed by atoms with E-state index in [-0.39, 0.29) is 30.2 Å². The monoisotopic (exact) mass is 373 g/mol. The molecule has 2 amide bonds. The van der Waals surface area contributed by atoms with Crippen LogP contribution in [-0.4, -0.2) is 56.0 Å². The van der Waals surface area contributed by atoms with Gasteiger partial charge in [-0.25, -0.2) is 0 Å². The zero-order valence-corrected chi connectivity index (χ0v) is 15.9. The van der Waals surface area contributed by atoms with Gasteiger partial charge in [-0.1, -0.05) is 12.5 Å². The number of likely N-dealkylation sites (tertiary alicyclic amines) is 1. The molecule has 1 saturated carbocycles. The highest BCUT2D eigenvalue weighted by molar-refractivity contribution is 5.97. The molecule has 7 heteroatoms. The number of nitrogens with zero attached hydrogens (tertiary/aromatic N) is 1. The second-order valence-corrected chi connectivity index (χ2v) is 7.39. The van der Waals surface area contributed by atoms with Crippen molar-refractivity contribution in [2.24, 2.45) is 11.3 Å². The summed E-state index contributed by atoms with van der Waals surface area (Å²) in [4.78, 5) is 38.7. The number of esters is 1. The summed E-state index contributed by atoms with van der Waals surface area (Å²) in [6.45, 7) is 3.93. The van der Waals surface area contributed by atoms with E-state index in [4.69, 9.17) is 4.74 Å². The van der Waals surface area contributed by atoms with Gasteiger partial charge in [0.15, 0.2) is 0 Å². The second kappa shape index (κ2) is 8.08. The number of rotatable bonds is 6. The second-order valence-electron chi connectivity index (χ2n) is 7.39. The lowest BCUT2D eigenvalue weighted by Crippen LogP contribution is -2.38. The predicted molar refractivity (Wildman–Crippen MR) is 101 cm³/mol. The summed E-state index contributed by atoms with van der Waals surface area (Å²) < 4.78 is 5.04. The Balaban J connectivity index is 1.60. The first kappa shape index (κ1) is 19.4. The van der Waals surface area contributed by atoms with Crippen LogP contribution in [0.5, 0.6) is 0 Å². The summed E-state index contributed by atoms with van der Waals surface area (Å²) in [5.41, 5.74) is 0.647. The van der Waals surface area contributed by atoms with Gasteiger partial charge in [-0.3, -0.25) is 19.3 Å². The maximum Gasteiger partial charge on any atom is 0.313 e. The summed E-state index contributed by atoms with van der Waals surface area (Å²) in [5, 5.41) is 5.59. The number of amides is 2. The van der Waals surface area contributed by atoms with E-state index in [1.54, 1.807) is 24.3 Å². The fourth-order valence-electron chi connectivity index (χ4n) is 4.46. The van der Waals surface area contributed by atoms with Crippen molar-refractivity contribution >= 4 is 23.5 Å². The Morgan fingerprint density at radius 1 is 1.33 bits per heavy atom. The standard InChI is InChI=1S/C20H27N3O4/c1-3-21-18(25)14-6-4-8-16(10-14)22-17(24)12-23-11-15-7-5-9-20(15,13-23)19(26)27-2/h4,6,8,10,15H,3,5,7,9,11-13H2,1-2H3,(H,21,25)(H,22,24). The van der Waals surface area contributed by atoms with E-state index in [9.17, 15) is 14.4 Å². The average Bonchev–Trinajstić information content (AvgIpc) is 3.19. The summed E-state index contributed by atoms with van der Waals surface area (Å²) in [6, 6.07) is 6.88. The lowest BCUT2D eigenvalue weighted by atomic mass is 9.81. The number of carbonyl (C=O) groups excluding carboxylic acids is 3. The molecule has 1 saturated heterocycles. The van der Waals surface area contributed by atoms with E-state index >= 15 is 0 Å². The van der Waals surface area contributed by atoms with Crippen LogP contribution < -0.4 is 10.6 Å². The van der Waals surface area contributed by atoms with E-state index < -0.39 is 5.41 Å². The predicted octanol–water partition coefficient (Wildman–Crippen LogP) is 1.65. The Kier molecular flexibility index (Phi) is 5.79. The van der Waals surface area contributed by atoms with Crippen molar-refractivity contribution in [1.29, 1.82) is 0 Å². The molecule has 1 aliphatic heterocycles. The van der Waals surface area contributed by atoms with Crippen molar-refractivity contribution in [3.63, 3.8) is 0 Å². The number of anilines is 1. The Morgan fingerprint density at radius 2 is 2.15 bits per heavy atom. The number of nitrogens with one attached hydrogen (secondary N) is 2. The van der Waals surface area contributed by atoms with E-state index in [1.807, 2.05) is 11.8 Å². The molecule has 146 valence electrons. The molecule has 0 bridgehead atoms. The van der Waals surface area contributed by atoms with Gasteiger partial charge in [-0.05, 0) is 43.9 Å². The summed E-state index contributed by atoms with van der Waals surface area (Å²) >= 11 is 0. The van der Waals surface area contributed by atoms with Gasteiger partial charge in [-0.2, -0.15) is 0 Å². The molecule has 27 heavy (non-hydrogen) atoms. The molecule has 2 N–H and O–H groups in total. The molecular weight excluding hydrogens is 346 g/mol. The van der Waals surface area contributed by atoms with Crippen LogP contribution >= 0.6 is 0 Å². The van der Waals surface area contributed by atoms with Crippen LogP contribution in [0, 0.1) is 11.3 Å². The molecule has 0 aromatic heterocycles. The molecule has 2 atom stereocenters. The first-order valence-electron chi connectivity index (χ1n) is 9.47. The Hall–Kier alpha value is -2.41. The first-order chi connectivity index (χ1) is 13.0. The quantitative estimate of drug-likeness (QED) is 0.741. The van der Waals surface area contributed by atoms with Gasteiger partial charge in [0.25, 0.3) is 5.91 Å². The molecular formula is C20H27N3O4. The van der Waals surface area contributed by atoms with Crippen LogP contribution in [0.25, 0.3) is 0 Å². The molecule has 0 radical (unpaired) electrons. The minimum Gasteiger partial charge on any atom is -0.469 e. The van der Waals surface area contributed by atoms with Crippen LogP contribution in [0.1, 0.15) is 36.5 Å². The number of methoxy groups -OCH3 is 1. The molecule has 3 rings (SSSR count). The molecule has 2 unspecified atom stereocenters. The van der Waals surface area contributed by atoms with Gasteiger partial charge in [-0.15, -0.1) is 0 Å². The third kappa shape index (κ3) is 3.98. The minimum atomic E-state index is -0.451. The number of ether oxygens (including phenoxy) is 1. The van der Waals surface area contributed by atoms with Gasteiger partial charge in [0.1, 0.15) is 0 Å². The van der Waals surface area contributed by atoms with Crippen molar-refractivity contribution < 1.29 is 19.1 Å². The van der Waals surface area contributed by atoms with Crippen molar-refractivity contribution in [2.75, 3.05) is 38.6 Å². The molecule has 1 aromatic rings. The number of hydrogen-bond donors (Lipinski definition) is 2. The molecule has 2 aliphatic rings. The third-order valence-corrected chi connectivity index (χ3v) is 5.65. The SMILES string of the molecule is CCNC(=O)c1cccc(NC(=O)CN2CC3CCCC3(C(=O)OC)C2)c1. The topological polar surface area (TPSA) is 87.7 Å². The van der Waals surface area contributed by atoms with Crippen molar-refractivity contribution in [2.45, 2.75) is 26.2 Å². The van der Waals surface area contributed by atoms with Crippen molar-refractivity contribution in [3.8, 4) is 0 Å². The molecule has 1 aliphatic carbocycles. The summed E-state index contributed by atoms with van der Waals surface area (Å²) in [6.07, 6.45) is 2.87. The Morgan fingerprint density at radius 3 is 2.89 bits per heavy atom. The largest absolute Gasteiger partial charge is 0.469 e. The number of hydrogen-bond acceptors (Lipinski definition) is 5. The van der Waals surface area contributed by atoms with E-state index in [0.717, 1.165) is 25.8 Å². The van der Waals surface area contributed by atoms with Crippen LogP contribution in [0.2, 0.25) is 0 Å². The average molecular weight is 373 g/mol. The molecule has 1 aromatic carbocycles. The number of carbonyl (C=O) groups is 3. The third-order valence-electron chi connectivity index (χ3n) is 5.65. The van der Waals surface area contributed by atoms with Gasteiger partial charge >= 0.3 is 5.97 Å². The van der Waals surface area contributed by atoms with Crippen LogP contribution in [0.3, 0.4) is 0 Å². The Bertz CT molecular complexity index is 736. The highest BCUT2D eigenvalue weighted by Gasteiger charge is 2.55. The smallest absolute Gasteiger partial charge is 0.313 e. The highest BCUT2D eigenvalue weighted by atomic mass is 16.5. The fourth-order valence-corrected chi connectivity index (χ4v) is 4.46. The Labute approximate surface area is 159 Å². The van der Waals surface area contributed by atoms with Gasteiger partial charge in [0.2, 0.25) is 5.91 Å². The lowest BCUT2D eigenvalue weighted by Gasteiger charge is -2.25. The van der Waals surface area contributed by atoms with Crippen LogP contribution in [0.15, 0.2) is 24.3 Å². The lowest BCUT2D eigenvalue weighted by molar-refractivity contribution is -0.153. The number of fused-ring (bicyclic) bond motifs is 1. The zero-order chi connectivity index (χ0) is 19.4. The summed E-state index contributed by atoms with van der Waals surface area (Å²) in [5.74, 6) is -0.203. The molecule has 1 heterocycles. The van der Waals surface area contributed by atoms with Gasteiger partial charge in [0.05, 0.1) is 19.1 Å². The fraction of sp³-hybridized carbons (Fsp3) is 0.550.